The van der Waals surface area contributed by atoms with Crippen molar-refractivity contribution in [3.05, 3.63) is 5.82 Å². The van der Waals surface area contributed by atoms with Crippen molar-refractivity contribution in [1.82, 2.24) is 20.2 Å². The van der Waals surface area contributed by atoms with Gasteiger partial charge in [-0.2, -0.15) is 0 Å². The van der Waals surface area contributed by atoms with Crippen LogP contribution in [0.15, 0.2) is 0 Å². The molecule has 0 aromatic carbocycles. The van der Waals surface area contributed by atoms with Gasteiger partial charge >= 0.3 is 0 Å². The zero-order valence-corrected chi connectivity index (χ0v) is 6.15. The Kier molecular flexibility index (Phi) is 1.03. The predicted octanol–water partition coefficient (Wildman–Crippen LogP) is 0.426. The number of fused-ring (bicyclic) bond motifs is 1. The largest absolute Gasteiger partial charge is 0.227 e. The van der Waals surface area contributed by atoms with E-state index in [1.165, 1.54) is 0 Å². The smallest absolute Gasteiger partial charge is 0.151 e. The van der Waals surface area contributed by atoms with Crippen molar-refractivity contribution in [1.29, 1.82) is 0 Å². The van der Waals surface area contributed by atoms with Crippen molar-refractivity contribution in [3.63, 3.8) is 0 Å². The molecule has 0 aliphatic carbocycles. The lowest BCUT2D eigenvalue weighted by Gasteiger charge is -2.07. The molecule has 0 spiro atoms. The van der Waals surface area contributed by atoms with E-state index < -0.39 is 0 Å². The predicted molar refractivity (Wildman–Crippen MR) is 35.4 cm³/mol. The van der Waals surface area contributed by atoms with Gasteiger partial charge < -0.3 is 0 Å². The minimum Gasteiger partial charge on any atom is -0.227 e. The molecule has 2 rings (SSSR count). The Morgan fingerprint density at radius 1 is 1.50 bits per heavy atom. The molecule has 0 bridgehead atoms. The van der Waals surface area contributed by atoms with Crippen molar-refractivity contribution >= 4 is 0 Å². The van der Waals surface area contributed by atoms with Gasteiger partial charge in [0.05, 0.1) is 6.04 Å². The maximum Gasteiger partial charge on any atom is 0.151 e. The summed E-state index contributed by atoms with van der Waals surface area (Å²) in [7, 11) is 0. The molecule has 2 unspecified atom stereocenters. The number of nitrogens with zero attached hydrogens (tertiary/aromatic N) is 4. The molecule has 2 heterocycles. The van der Waals surface area contributed by atoms with E-state index >= 15 is 0 Å². The quantitative estimate of drug-likeness (QED) is 0.522. The molecule has 10 heavy (non-hydrogen) atoms. The van der Waals surface area contributed by atoms with Crippen LogP contribution in [0.2, 0.25) is 0 Å². The van der Waals surface area contributed by atoms with E-state index in [0.29, 0.717) is 12.0 Å². The van der Waals surface area contributed by atoms with Crippen LogP contribution in [0.4, 0.5) is 0 Å². The maximum atomic E-state index is 3.90. The number of hydrogen-bond acceptors (Lipinski definition) is 3. The van der Waals surface area contributed by atoms with E-state index in [2.05, 4.69) is 29.4 Å². The third kappa shape index (κ3) is 0.587. The zero-order valence-electron chi connectivity index (χ0n) is 6.15. The summed E-state index contributed by atoms with van der Waals surface area (Å²) in [6, 6.07) is 0.477. The average molecular weight is 138 g/mol. The third-order valence-electron chi connectivity index (χ3n) is 2.27. The normalized spacial score (nSPS) is 30.6. The van der Waals surface area contributed by atoms with Crippen LogP contribution in [0.3, 0.4) is 0 Å². The van der Waals surface area contributed by atoms with Crippen LogP contribution >= 0.6 is 0 Å². The van der Waals surface area contributed by atoms with E-state index in [1.54, 1.807) is 0 Å². The van der Waals surface area contributed by atoms with Gasteiger partial charge in [-0.25, -0.2) is 4.68 Å². The highest BCUT2D eigenvalue weighted by Crippen LogP contribution is 2.27. The monoisotopic (exact) mass is 138 g/mol. The molecule has 1 aliphatic rings. The first kappa shape index (κ1) is 5.82. The Morgan fingerprint density at radius 2 is 2.30 bits per heavy atom. The lowest BCUT2D eigenvalue weighted by molar-refractivity contribution is 0.403. The van der Waals surface area contributed by atoms with Gasteiger partial charge in [0.1, 0.15) is 0 Å². The highest BCUT2D eigenvalue weighted by molar-refractivity contribution is 4.94. The summed E-state index contributed by atoms with van der Waals surface area (Å²) in [6.07, 6.45) is 1.02. The average Bonchev–Trinajstić information content (AvgIpc) is 2.41. The lowest BCUT2D eigenvalue weighted by atomic mass is 10.0. The molecule has 0 N–H and O–H groups in total. The SMILES string of the molecule is CC1Cc2nnnn2C1C. The Morgan fingerprint density at radius 3 is 3.00 bits per heavy atom. The molecule has 4 nitrogen and oxygen atoms in total. The van der Waals surface area contributed by atoms with Crippen molar-refractivity contribution in [2.24, 2.45) is 5.92 Å². The first-order valence-electron chi connectivity index (χ1n) is 3.56. The molecule has 0 amide bonds. The first-order chi connectivity index (χ1) is 4.79. The summed E-state index contributed by atoms with van der Waals surface area (Å²) in [5.74, 6) is 1.69. The molecule has 0 fully saturated rings. The Hall–Kier alpha value is -0.930. The zero-order chi connectivity index (χ0) is 7.14. The second kappa shape index (κ2) is 1.78. The number of aromatic nitrogens is 4. The highest BCUT2D eigenvalue weighted by atomic mass is 15.6. The van der Waals surface area contributed by atoms with Gasteiger partial charge in [0.25, 0.3) is 0 Å². The number of hydrogen-bond donors (Lipinski definition) is 0. The molecule has 4 heteroatoms. The van der Waals surface area contributed by atoms with E-state index in [1.807, 2.05) is 4.68 Å². The van der Waals surface area contributed by atoms with Gasteiger partial charge in [-0.05, 0) is 23.3 Å². The molecule has 0 radical (unpaired) electrons. The van der Waals surface area contributed by atoms with E-state index in [0.717, 1.165) is 12.2 Å². The van der Waals surface area contributed by atoms with Crippen LogP contribution in [-0.4, -0.2) is 20.2 Å². The van der Waals surface area contributed by atoms with Crippen LogP contribution in [0.5, 0.6) is 0 Å². The third-order valence-corrected chi connectivity index (χ3v) is 2.27. The molecule has 1 aromatic rings. The summed E-state index contributed by atoms with van der Waals surface area (Å²) < 4.78 is 1.91. The maximum absolute atomic E-state index is 3.90. The van der Waals surface area contributed by atoms with Gasteiger partial charge in [-0.3, -0.25) is 0 Å². The standard InChI is InChI=1S/C6H10N4/c1-4-3-6-7-8-9-10(6)5(4)2/h4-5H,3H2,1-2H3. The van der Waals surface area contributed by atoms with Gasteiger partial charge in [0.15, 0.2) is 5.82 Å². The van der Waals surface area contributed by atoms with Gasteiger partial charge in [0.2, 0.25) is 0 Å². The molecule has 2 atom stereocenters. The molecule has 54 valence electrons. The van der Waals surface area contributed by atoms with E-state index in [-0.39, 0.29) is 0 Å². The molecular weight excluding hydrogens is 128 g/mol. The fourth-order valence-corrected chi connectivity index (χ4v) is 1.36. The van der Waals surface area contributed by atoms with Gasteiger partial charge in [-0.1, -0.05) is 6.92 Å². The molecule has 0 saturated heterocycles. The number of tetrazole rings is 1. The fourth-order valence-electron chi connectivity index (χ4n) is 1.36. The molecule has 0 saturated carbocycles. The van der Waals surface area contributed by atoms with Crippen LogP contribution in [-0.2, 0) is 6.42 Å². The van der Waals surface area contributed by atoms with Crippen molar-refractivity contribution in [2.75, 3.05) is 0 Å². The second-order valence-electron chi connectivity index (χ2n) is 2.96. The first-order valence-corrected chi connectivity index (χ1v) is 3.56. The minimum atomic E-state index is 0.477. The Bertz CT molecular complexity index is 242. The van der Waals surface area contributed by atoms with E-state index in [4.69, 9.17) is 0 Å². The summed E-state index contributed by atoms with van der Waals surface area (Å²) in [6.45, 7) is 4.36. The van der Waals surface area contributed by atoms with Gasteiger partial charge in [0, 0.05) is 6.42 Å². The van der Waals surface area contributed by atoms with Crippen molar-refractivity contribution in [2.45, 2.75) is 26.3 Å². The minimum absolute atomic E-state index is 0.477. The second-order valence-corrected chi connectivity index (χ2v) is 2.96. The topological polar surface area (TPSA) is 43.6 Å². The molecular formula is C6H10N4. The highest BCUT2D eigenvalue weighted by Gasteiger charge is 2.27. The molecule has 1 aliphatic heterocycles. The summed E-state index contributed by atoms with van der Waals surface area (Å²) in [4.78, 5) is 0. The Balaban J connectivity index is 2.43. The van der Waals surface area contributed by atoms with Crippen LogP contribution in [0.1, 0.15) is 25.7 Å². The fraction of sp³-hybridized carbons (Fsp3) is 0.833. The van der Waals surface area contributed by atoms with Gasteiger partial charge in [-0.15, -0.1) is 5.10 Å². The summed E-state index contributed by atoms with van der Waals surface area (Å²) in [5, 5.41) is 11.4. The lowest BCUT2D eigenvalue weighted by Crippen LogP contribution is -2.07. The number of rotatable bonds is 0. The van der Waals surface area contributed by atoms with Crippen molar-refractivity contribution < 1.29 is 0 Å². The summed E-state index contributed by atoms with van der Waals surface area (Å²) in [5.41, 5.74) is 0. The van der Waals surface area contributed by atoms with Crippen LogP contribution in [0, 0.1) is 5.92 Å². The van der Waals surface area contributed by atoms with E-state index in [9.17, 15) is 0 Å². The molecule has 1 aromatic heterocycles. The Labute approximate surface area is 59.2 Å². The summed E-state index contributed by atoms with van der Waals surface area (Å²) >= 11 is 0. The van der Waals surface area contributed by atoms with Crippen molar-refractivity contribution in [3.8, 4) is 0 Å². The van der Waals surface area contributed by atoms with Crippen LogP contribution in [0.25, 0.3) is 0 Å². The van der Waals surface area contributed by atoms with Crippen LogP contribution < -0.4 is 0 Å².